The van der Waals surface area contributed by atoms with E-state index in [9.17, 15) is 53.0 Å². The highest BCUT2D eigenvalue weighted by molar-refractivity contribution is 7.92. The number of benzene rings is 3. The van der Waals surface area contributed by atoms with Crippen molar-refractivity contribution in [3.8, 4) is 0 Å². The molecule has 1 fully saturated rings. The Morgan fingerprint density at radius 3 is 1.76 bits per heavy atom. The fourth-order valence-electron chi connectivity index (χ4n) is 5.22. The number of sulfone groups is 1. The quantitative estimate of drug-likeness (QED) is 0.222. The second kappa shape index (κ2) is 11.2. The van der Waals surface area contributed by atoms with Crippen molar-refractivity contribution >= 4 is 9.84 Å². The van der Waals surface area contributed by atoms with Crippen LogP contribution in [0.25, 0.3) is 0 Å². The summed E-state index contributed by atoms with van der Waals surface area (Å²) in [5.74, 6) is -3.58. The van der Waals surface area contributed by atoms with E-state index >= 15 is 0 Å². The van der Waals surface area contributed by atoms with Gasteiger partial charge < -0.3 is 9.84 Å². The summed E-state index contributed by atoms with van der Waals surface area (Å²) in [6, 6.07) is 8.27. The van der Waals surface area contributed by atoms with E-state index in [2.05, 4.69) is 4.74 Å². The molecule has 14 heteroatoms. The Balaban J connectivity index is 1.84. The molecule has 228 valence electrons. The SMILES string of the molecule is O=S(=O)(c1ccc(F)cc1)[C@]1(c2ccc(C(OCc3c(F)cccc3F)(C(F)(F)F)C(F)(F)F)cc2)CC[C@@H](O)CC1. The van der Waals surface area contributed by atoms with Crippen LogP contribution in [0.15, 0.2) is 71.6 Å². The Bertz CT molecular complexity index is 1470. The molecule has 0 bridgehead atoms. The number of aliphatic hydroxyl groups is 1. The summed E-state index contributed by atoms with van der Waals surface area (Å²) < 4.78 is 157. The van der Waals surface area contributed by atoms with E-state index in [1.807, 2.05) is 0 Å². The highest BCUT2D eigenvalue weighted by atomic mass is 32.2. The second-order valence-electron chi connectivity index (χ2n) is 9.93. The molecule has 0 spiro atoms. The molecule has 1 N–H and O–H groups in total. The zero-order valence-corrected chi connectivity index (χ0v) is 22.3. The zero-order chi connectivity index (χ0) is 31.1. The maximum Gasteiger partial charge on any atom is 0.430 e. The number of hydrogen-bond acceptors (Lipinski definition) is 4. The van der Waals surface area contributed by atoms with Gasteiger partial charge in [0, 0.05) is 11.1 Å². The van der Waals surface area contributed by atoms with Crippen LogP contribution in [0, 0.1) is 17.5 Å². The van der Waals surface area contributed by atoms with E-state index in [4.69, 9.17) is 0 Å². The largest absolute Gasteiger partial charge is 0.430 e. The van der Waals surface area contributed by atoms with Crippen LogP contribution < -0.4 is 0 Å². The maximum atomic E-state index is 14.3. The van der Waals surface area contributed by atoms with Crippen molar-refractivity contribution in [1.82, 2.24) is 0 Å². The van der Waals surface area contributed by atoms with E-state index in [-0.39, 0.29) is 36.1 Å². The van der Waals surface area contributed by atoms with Crippen molar-refractivity contribution in [3.63, 3.8) is 0 Å². The minimum atomic E-state index is -6.18. The maximum absolute atomic E-state index is 14.3. The average Bonchev–Trinajstić information content (AvgIpc) is 2.90. The summed E-state index contributed by atoms with van der Waals surface area (Å²) in [5.41, 5.74) is -7.87. The van der Waals surface area contributed by atoms with Crippen LogP contribution in [0.2, 0.25) is 0 Å². The minimum Gasteiger partial charge on any atom is -0.393 e. The lowest BCUT2D eigenvalue weighted by Crippen LogP contribution is -2.56. The fraction of sp³-hybridized carbons (Fsp3) is 0.357. The number of alkyl halides is 6. The van der Waals surface area contributed by atoms with Gasteiger partial charge in [0.2, 0.25) is 0 Å². The number of rotatable bonds is 7. The zero-order valence-electron chi connectivity index (χ0n) is 21.4. The van der Waals surface area contributed by atoms with Gasteiger partial charge in [0.25, 0.3) is 5.60 Å². The van der Waals surface area contributed by atoms with Crippen molar-refractivity contribution in [2.75, 3.05) is 0 Å². The molecule has 0 aliphatic heterocycles. The second-order valence-corrected chi connectivity index (χ2v) is 12.2. The molecule has 1 aliphatic rings. The third-order valence-electron chi connectivity index (χ3n) is 7.51. The first-order valence-corrected chi connectivity index (χ1v) is 13.9. The van der Waals surface area contributed by atoms with Gasteiger partial charge in [0.1, 0.15) is 22.2 Å². The average molecular weight is 627 g/mol. The first-order chi connectivity index (χ1) is 19.5. The molecule has 42 heavy (non-hydrogen) atoms. The fourth-order valence-corrected chi connectivity index (χ4v) is 7.38. The summed E-state index contributed by atoms with van der Waals surface area (Å²) in [4.78, 5) is -0.334. The van der Waals surface area contributed by atoms with Crippen molar-refractivity contribution in [1.29, 1.82) is 0 Å². The van der Waals surface area contributed by atoms with E-state index < -0.39 is 73.8 Å². The molecular formula is C28H23F9O4S. The Morgan fingerprint density at radius 2 is 1.29 bits per heavy atom. The number of ether oxygens (including phenoxy) is 1. The van der Waals surface area contributed by atoms with Gasteiger partial charge in [0.15, 0.2) is 9.84 Å². The number of halogens is 9. The van der Waals surface area contributed by atoms with Gasteiger partial charge in [-0.25, -0.2) is 21.6 Å². The first kappa shape index (κ1) is 31.8. The van der Waals surface area contributed by atoms with E-state index in [0.717, 1.165) is 42.5 Å². The van der Waals surface area contributed by atoms with Crippen LogP contribution in [-0.4, -0.2) is 32.0 Å². The first-order valence-electron chi connectivity index (χ1n) is 12.5. The Labute approximate surface area is 234 Å². The molecule has 3 aromatic carbocycles. The Morgan fingerprint density at radius 1 is 0.786 bits per heavy atom. The molecular weight excluding hydrogens is 603 g/mol. The molecule has 4 rings (SSSR count). The Hall–Kier alpha value is -3.10. The van der Waals surface area contributed by atoms with Gasteiger partial charge in [-0.3, -0.25) is 0 Å². The van der Waals surface area contributed by atoms with E-state index in [1.54, 1.807) is 0 Å². The smallest absolute Gasteiger partial charge is 0.393 e. The molecule has 0 saturated heterocycles. The molecule has 1 aliphatic carbocycles. The van der Waals surface area contributed by atoms with Gasteiger partial charge in [-0.15, -0.1) is 0 Å². The predicted molar refractivity (Wildman–Crippen MR) is 131 cm³/mol. The van der Waals surface area contributed by atoms with Crippen LogP contribution in [0.1, 0.15) is 42.4 Å². The molecule has 3 aromatic rings. The lowest BCUT2D eigenvalue weighted by Gasteiger charge is -2.40. The molecule has 0 amide bonds. The molecule has 1 saturated carbocycles. The van der Waals surface area contributed by atoms with Crippen LogP contribution in [-0.2, 0) is 31.5 Å². The number of aliphatic hydroxyl groups excluding tert-OH is 1. The van der Waals surface area contributed by atoms with Gasteiger partial charge in [0.05, 0.1) is 17.6 Å². The molecule has 0 atom stereocenters. The van der Waals surface area contributed by atoms with Gasteiger partial charge >= 0.3 is 12.4 Å². The normalized spacial score (nSPS) is 20.5. The topological polar surface area (TPSA) is 63.6 Å². The van der Waals surface area contributed by atoms with Crippen LogP contribution >= 0.6 is 0 Å². The molecule has 0 unspecified atom stereocenters. The summed E-state index contributed by atoms with van der Waals surface area (Å²) in [6.07, 6.45) is -13.8. The lowest BCUT2D eigenvalue weighted by atomic mass is 9.80. The van der Waals surface area contributed by atoms with E-state index in [0.29, 0.717) is 24.3 Å². The van der Waals surface area contributed by atoms with Crippen molar-refractivity contribution in [3.05, 3.63) is 101 Å². The van der Waals surface area contributed by atoms with Gasteiger partial charge in [-0.2, -0.15) is 26.3 Å². The van der Waals surface area contributed by atoms with Crippen LogP contribution in [0.4, 0.5) is 39.5 Å². The number of hydrogen-bond donors (Lipinski definition) is 1. The summed E-state index contributed by atoms with van der Waals surface area (Å²) in [6.45, 7) is -1.74. The standard InChI is InChI=1S/C28H23F9O4S/c29-19-8-10-21(11-9-19)42(39,40)25(14-12-20(38)13-15-25)17-4-6-18(7-5-17)26(27(32,33)34,28(35,36)37)41-16-22-23(30)2-1-3-24(22)31/h1-11,20,38H,12-16H2/t20-,25-. The summed E-state index contributed by atoms with van der Waals surface area (Å²) >= 11 is 0. The van der Waals surface area contributed by atoms with Gasteiger partial charge in [-0.1, -0.05) is 30.3 Å². The van der Waals surface area contributed by atoms with Crippen molar-refractivity contribution in [2.24, 2.45) is 0 Å². The molecule has 0 heterocycles. The predicted octanol–water partition coefficient (Wildman–Crippen LogP) is 7.24. The van der Waals surface area contributed by atoms with E-state index in [1.165, 1.54) is 0 Å². The molecule has 0 aromatic heterocycles. The molecule has 0 radical (unpaired) electrons. The summed E-state index contributed by atoms with van der Waals surface area (Å²) in [5, 5.41) is 10.0. The highest BCUT2D eigenvalue weighted by Crippen LogP contribution is 2.54. The third kappa shape index (κ3) is 5.39. The van der Waals surface area contributed by atoms with Gasteiger partial charge in [-0.05, 0) is 67.6 Å². The van der Waals surface area contributed by atoms with Crippen LogP contribution in [0.5, 0.6) is 0 Å². The summed E-state index contributed by atoms with van der Waals surface area (Å²) in [7, 11) is -4.41. The highest BCUT2D eigenvalue weighted by Gasteiger charge is 2.73. The lowest BCUT2D eigenvalue weighted by molar-refractivity contribution is -0.392. The van der Waals surface area contributed by atoms with Crippen LogP contribution in [0.3, 0.4) is 0 Å². The monoisotopic (exact) mass is 626 g/mol. The Kier molecular flexibility index (Phi) is 8.48. The third-order valence-corrected chi connectivity index (χ3v) is 10.1. The minimum absolute atomic E-state index is 0.0471. The van der Waals surface area contributed by atoms with Crippen molar-refractivity contribution < 1.29 is 57.8 Å². The molecule has 4 nitrogen and oxygen atoms in total. The van der Waals surface area contributed by atoms with Crippen molar-refractivity contribution in [2.45, 2.75) is 66.0 Å².